The molecule has 0 aliphatic carbocycles. The maximum absolute atomic E-state index is 13.3. The van der Waals surface area contributed by atoms with Gasteiger partial charge in [-0.1, -0.05) is 74.5 Å². The van der Waals surface area contributed by atoms with Crippen molar-refractivity contribution < 1.29 is 14.3 Å². The van der Waals surface area contributed by atoms with Crippen LogP contribution in [0.15, 0.2) is 66.7 Å². The number of hydrogen-bond donors (Lipinski definition) is 2. The molecular weight excluding hydrogens is 522 g/mol. The number of carbonyl (C=O) groups is 2. The van der Waals surface area contributed by atoms with E-state index in [-0.39, 0.29) is 16.6 Å². The summed E-state index contributed by atoms with van der Waals surface area (Å²) in [4.78, 5) is 27.1. The van der Waals surface area contributed by atoms with Crippen LogP contribution in [0.5, 0.6) is 5.75 Å². The number of nitrogens with one attached hydrogen (secondary N) is 2. The van der Waals surface area contributed by atoms with Gasteiger partial charge in [0.1, 0.15) is 18.2 Å². The van der Waals surface area contributed by atoms with E-state index in [2.05, 4.69) is 36.3 Å². The minimum Gasteiger partial charge on any atom is -0.492 e. The molecule has 2 heterocycles. The van der Waals surface area contributed by atoms with Gasteiger partial charge in [-0.2, -0.15) is 5.10 Å². The fraction of sp³-hybridized carbons (Fsp3) is 0.323. The van der Waals surface area contributed by atoms with Gasteiger partial charge >= 0.3 is 6.03 Å². The number of fused-ring (bicyclic) bond motifs is 1. The number of rotatable bonds is 7. The maximum Gasteiger partial charge on any atom is 0.324 e. The number of aromatic nitrogens is 2. The van der Waals surface area contributed by atoms with Crippen LogP contribution in [0.3, 0.4) is 0 Å². The first-order chi connectivity index (χ1) is 19.2. The van der Waals surface area contributed by atoms with Gasteiger partial charge in [0.15, 0.2) is 0 Å². The zero-order chi connectivity index (χ0) is 28.3. The summed E-state index contributed by atoms with van der Waals surface area (Å²) in [6.07, 6.45) is 0. The van der Waals surface area contributed by atoms with Crippen LogP contribution in [0.25, 0.3) is 16.5 Å². The van der Waals surface area contributed by atoms with Gasteiger partial charge in [0.05, 0.1) is 23.6 Å². The van der Waals surface area contributed by atoms with Crippen molar-refractivity contribution in [2.24, 2.45) is 0 Å². The number of benzene rings is 3. The molecule has 4 aromatic rings. The van der Waals surface area contributed by atoms with Gasteiger partial charge in [0.25, 0.3) is 0 Å². The molecule has 8 nitrogen and oxygen atoms in total. The highest BCUT2D eigenvalue weighted by Gasteiger charge is 2.22. The van der Waals surface area contributed by atoms with E-state index in [0.717, 1.165) is 45.8 Å². The summed E-state index contributed by atoms with van der Waals surface area (Å²) >= 11 is 1.40. The van der Waals surface area contributed by atoms with Crippen molar-refractivity contribution in [3.8, 4) is 11.4 Å². The molecule has 0 bridgehead atoms. The van der Waals surface area contributed by atoms with Crippen molar-refractivity contribution >= 4 is 45.2 Å². The minimum absolute atomic E-state index is 0.183. The molecule has 5 rings (SSSR count). The van der Waals surface area contributed by atoms with E-state index in [1.165, 1.54) is 11.8 Å². The normalized spacial score (nSPS) is 14.3. The molecule has 1 aliphatic rings. The van der Waals surface area contributed by atoms with Crippen LogP contribution in [0.1, 0.15) is 32.0 Å². The molecule has 1 saturated heterocycles. The lowest BCUT2D eigenvalue weighted by Gasteiger charge is -2.25. The summed E-state index contributed by atoms with van der Waals surface area (Å²) in [6.45, 7) is 10.9. The lowest BCUT2D eigenvalue weighted by atomic mass is 9.92. The number of ether oxygens (including phenoxy) is 1. The molecule has 2 N–H and O–H groups in total. The Morgan fingerprint density at radius 3 is 2.50 bits per heavy atom. The van der Waals surface area contributed by atoms with Crippen LogP contribution in [0.4, 0.5) is 16.3 Å². The molecule has 1 aliphatic heterocycles. The first-order valence-corrected chi connectivity index (χ1v) is 14.4. The van der Waals surface area contributed by atoms with Crippen molar-refractivity contribution in [3.63, 3.8) is 0 Å². The van der Waals surface area contributed by atoms with E-state index in [1.807, 2.05) is 73.7 Å². The van der Waals surface area contributed by atoms with Crippen LogP contribution in [0, 0.1) is 6.92 Å². The minimum atomic E-state index is -0.361. The Balaban J connectivity index is 1.32. The molecular formula is C31H35N5O3S. The molecule has 0 atom stereocenters. The van der Waals surface area contributed by atoms with Gasteiger partial charge in [-0.15, -0.1) is 0 Å². The van der Waals surface area contributed by atoms with E-state index < -0.39 is 0 Å². The third-order valence-electron chi connectivity index (χ3n) is 6.82. The Morgan fingerprint density at radius 1 is 1.02 bits per heavy atom. The highest BCUT2D eigenvalue weighted by atomic mass is 32.2. The van der Waals surface area contributed by atoms with Gasteiger partial charge < -0.3 is 10.1 Å². The highest BCUT2D eigenvalue weighted by molar-refractivity contribution is 8.13. The van der Waals surface area contributed by atoms with Crippen molar-refractivity contribution in [2.45, 2.75) is 33.1 Å². The number of nitrogens with zero attached hydrogens (tertiary/aromatic N) is 3. The second-order valence-electron chi connectivity index (χ2n) is 11.0. The van der Waals surface area contributed by atoms with E-state index in [0.29, 0.717) is 31.2 Å². The summed E-state index contributed by atoms with van der Waals surface area (Å²) in [6, 6.07) is 21.2. The highest BCUT2D eigenvalue weighted by Crippen LogP contribution is 2.32. The molecule has 0 radical (unpaired) electrons. The number of hydrogen-bond acceptors (Lipinski definition) is 6. The average Bonchev–Trinajstić information content (AvgIpc) is 3.34. The summed E-state index contributed by atoms with van der Waals surface area (Å²) in [5.74, 6) is 2.16. The Labute approximate surface area is 239 Å². The van der Waals surface area contributed by atoms with Gasteiger partial charge in [-0.05, 0) is 31.2 Å². The number of thioether (sulfide) groups is 1. The second-order valence-corrected chi connectivity index (χ2v) is 12.1. The zero-order valence-corrected chi connectivity index (χ0v) is 24.2. The fourth-order valence-electron chi connectivity index (χ4n) is 4.57. The number of amides is 2. The van der Waals surface area contributed by atoms with Gasteiger partial charge in [-0.25, -0.2) is 9.48 Å². The molecule has 40 heavy (non-hydrogen) atoms. The van der Waals surface area contributed by atoms with Crippen molar-refractivity contribution in [3.05, 3.63) is 78.0 Å². The van der Waals surface area contributed by atoms with E-state index in [1.54, 1.807) is 4.68 Å². The van der Waals surface area contributed by atoms with Crippen molar-refractivity contribution in [1.82, 2.24) is 14.7 Å². The quantitative estimate of drug-likeness (QED) is 0.280. The Morgan fingerprint density at radius 2 is 1.77 bits per heavy atom. The van der Waals surface area contributed by atoms with Crippen LogP contribution < -0.4 is 15.4 Å². The largest absolute Gasteiger partial charge is 0.492 e. The van der Waals surface area contributed by atoms with Crippen LogP contribution >= 0.6 is 11.8 Å². The fourth-order valence-corrected chi connectivity index (χ4v) is 5.42. The number of urea groups is 1. The van der Waals surface area contributed by atoms with E-state index in [9.17, 15) is 9.59 Å². The number of carbonyl (C=O) groups excluding carboxylic acids is 2. The molecule has 2 amide bonds. The summed E-state index contributed by atoms with van der Waals surface area (Å²) in [7, 11) is 0. The van der Waals surface area contributed by atoms with Crippen LogP contribution in [-0.4, -0.2) is 57.8 Å². The molecule has 0 spiro atoms. The Hall–Kier alpha value is -3.82. The van der Waals surface area contributed by atoms with E-state index in [4.69, 9.17) is 9.84 Å². The Kier molecular flexibility index (Phi) is 8.14. The van der Waals surface area contributed by atoms with Gasteiger partial charge in [0, 0.05) is 41.1 Å². The van der Waals surface area contributed by atoms with Crippen LogP contribution in [0.2, 0.25) is 0 Å². The average molecular weight is 558 g/mol. The summed E-state index contributed by atoms with van der Waals surface area (Å²) in [5.41, 5.74) is 3.40. The SMILES string of the molecule is Cc1ccc(-n2nc(C(C)(C)C)cc2NC(=O)Nc2ccc(OCCN3CCSC(=O)C3)c3ccccc23)cc1. The molecule has 208 valence electrons. The van der Waals surface area contributed by atoms with Crippen molar-refractivity contribution in [2.75, 3.05) is 42.6 Å². The number of aryl methyl sites for hydroxylation is 1. The van der Waals surface area contributed by atoms with Crippen molar-refractivity contribution in [1.29, 1.82) is 0 Å². The predicted octanol–water partition coefficient (Wildman–Crippen LogP) is 6.23. The maximum atomic E-state index is 13.3. The van der Waals surface area contributed by atoms with E-state index >= 15 is 0 Å². The molecule has 1 aromatic heterocycles. The zero-order valence-electron chi connectivity index (χ0n) is 23.4. The lowest BCUT2D eigenvalue weighted by Crippen LogP contribution is -2.38. The third kappa shape index (κ3) is 6.48. The molecule has 0 saturated carbocycles. The van der Waals surface area contributed by atoms with Crippen LogP contribution in [-0.2, 0) is 10.2 Å². The van der Waals surface area contributed by atoms with Gasteiger partial charge in [-0.3, -0.25) is 15.0 Å². The second kappa shape index (κ2) is 11.7. The molecule has 0 unspecified atom stereocenters. The monoisotopic (exact) mass is 557 g/mol. The van der Waals surface area contributed by atoms with Gasteiger partial charge in [0.2, 0.25) is 5.12 Å². The lowest BCUT2D eigenvalue weighted by molar-refractivity contribution is -0.112. The summed E-state index contributed by atoms with van der Waals surface area (Å²) < 4.78 is 7.89. The molecule has 3 aromatic carbocycles. The summed E-state index contributed by atoms with van der Waals surface area (Å²) in [5, 5.41) is 12.8. The first-order valence-electron chi connectivity index (χ1n) is 13.5. The third-order valence-corrected chi connectivity index (χ3v) is 7.66. The predicted molar refractivity (Wildman–Crippen MR) is 163 cm³/mol. The topological polar surface area (TPSA) is 88.5 Å². The molecule has 1 fully saturated rings. The smallest absolute Gasteiger partial charge is 0.324 e. The Bertz CT molecular complexity index is 1520. The standard InChI is InChI=1S/C31H35N5O3S/c1-21-9-11-22(12-10-21)36-28(19-27(34-36)31(2,3)4)33-30(38)32-25-13-14-26(24-8-6-5-7-23(24)25)39-17-15-35-16-18-40-29(37)20-35/h5-14,19H,15-18,20H2,1-4H3,(H2,32,33,38). The first kappa shape index (κ1) is 27.7. The molecule has 9 heteroatoms. The number of anilines is 2.